The number of rotatable bonds is 2. The van der Waals surface area contributed by atoms with Crippen LogP contribution in [-0.4, -0.2) is 30.6 Å². The molecule has 2 nitrogen and oxygen atoms in total. The van der Waals surface area contributed by atoms with E-state index in [-0.39, 0.29) is 0 Å². The van der Waals surface area contributed by atoms with Gasteiger partial charge in [0.25, 0.3) is 0 Å². The number of likely N-dealkylation sites (N-methyl/N-ethyl adjacent to an activating group) is 1. The molecule has 5 heteroatoms. The first-order chi connectivity index (χ1) is 7.97. The second-order valence-electron chi connectivity index (χ2n) is 4.61. The maximum absolute atomic E-state index is 3.61. The van der Waals surface area contributed by atoms with Gasteiger partial charge in [0, 0.05) is 32.0 Å². The van der Waals surface area contributed by atoms with Gasteiger partial charge in [0.15, 0.2) is 0 Å². The van der Waals surface area contributed by atoms with Crippen LogP contribution in [0.15, 0.2) is 25.6 Å². The predicted molar refractivity (Wildman–Crippen MR) is 83.7 cm³/mol. The van der Waals surface area contributed by atoms with Crippen molar-refractivity contribution in [2.45, 2.75) is 25.4 Å². The van der Waals surface area contributed by atoms with Gasteiger partial charge >= 0.3 is 0 Å². The molecule has 0 aromatic heterocycles. The van der Waals surface area contributed by atoms with Crippen molar-refractivity contribution in [3.8, 4) is 0 Å². The van der Waals surface area contributed by atoms with Crippen LogP contribution in [0.3, 0.4) is 0 Å². The van der Waals surface area contributed by atoms with Crippen LogP contribution >= 0.6 is 47.8 Å². The zero-order chi connectivity index (χ0) is 12.6. The molecule has 0 amide bonds. The van der Waals surface area contributed by atoms with E-state index in [0.717, 1.165) is 25.7 Å². The van der Waals surface area contributed by atoms with Crippen molar-refractivity contribution in [1.82, 2.24) is 4.90 Å². The summed E-state index contributed by atoms with van der Waals surface area (Å²) in [5, 5.41) is 3.61. The Hall–Kier alpha value is 0.420. The largest absolute Gasteiger partial charge is 0.379 e. The number of nitrogens with zero attached hydrogens (tertiary/aromatic N) is 1. The molecule has 2 rings (SSSR count). The van der Waals surface area contributed by atoms with Crippen molar-refractivity contribution in [2.24, 2.45) is 0 Å². The molecule has 0 spiro atoms. The van der Waals surface area contributed by atoms with E-state index < -0.39 is 0 Å². The minimum atomic E-state index is 0.517. The van der Waals surface area contributed by atoms with Crippen LogP contribution in [0.5, 0.6) is 0 Å². The lowest BCUT2D eigenvalue weighted by molar-refractivity contribution is 0.330. The van der Waals surface area contributed by atoms with Gasteiger partial charge in [-0.15, -0.1) is 0 Å². The number of hydrogen-bond donors (Lipinski definition) is 1. The molecule has 1 heterocycles. The van der Waals surface area contributed by atoms with Crippen LogP contribution in [0.4, 0.5) is 5.69 Å². The third-order valence-electron chi connectivity index (χ3n) is 3.24. The van der Waals surface area contributed by atoms with E-state index in [9.17, 15) is 0 Å². The lowest BCUT2D eigenvalue weighted by Crippen LogP contribution is -2.25. The summed E-state index contributed by atoms with van der Waals surface area (Å²) in [7, 11) is 2.18. The number of hydrogen-bond acceptors (Lipinski definition) is 2. The molecule has 1 fully saturated rings. The van der Waals surface area contributed by atoms with Gasteiger partial charge in [-0.25, -0.2) is 0 Å². The fraction of sp³-hybridized carbons (Fsp3) is 0.500. The highest BCUT2D eigenvalue weighted by atomic mass is 79.9. The Morgan fingerprint density at radius 1 is 1.24 bits per heavy atom. The topological polar surface area (TPSA) is 15.3 Å². The summed E-state index contributed by atoms with van der Waals surface area (Å²) in [5.74, 6) is 0. The Labute approximate surface area is 128 Å². The third-order valence-corrected chi connectivity index (χ3v) is 4.95. The molecular formula is C12H15Br3N2. The van der Waals surface area contributed by atoms with E-state index in [1.165, 1.54) is 6.42 Å². The molecule has 1 saturated heterocycles. The van der Waals surface area contributed by atoms with Gasteiger partial charge in [0.1, 0.15) is 0 Å². The van der Waals surface area contributed by atoms with Gasteiger partial charge in [-0.2, -0.15) is 0 Å². The lowest BCUT2D eigenvalue weighted by atomic mass is 10.2. The van der Waals surface area contributed by atoms with Crippen LogP contribution in [0.1, 0.15) is 13.3 Å². The highest BCUT2D eigenvalue weighted by molar-refractivity contribution is 9.11. The molecule has 0 radical (unpaired) electrons. The average Bonchev–Trinajstić information content (AvgIpc) is 2.52. The maximum Gasteiger partial charge on any atom is 0.0632 e. The highest BCUT2D eigenvalue weighted by Gasteiger charge is 2.26. The van der Waals surface area contributed by atoms with Gasteiger partial charge < -0.3 is 10.2 Å². The highest BCUT2D eigenvalue weighted by Crippen LogP contribution is 2.35. The van der Waals surface area contributed by atoms with Gasteiger partial charge in [0.2, 0.25) is 0 Å². The molecule has 2 atom stereocenters. The smallest absolute Gasteiger partial charge is 0.0632 e. The quantitative estimate of drug-likeness (QED) is 0.750. The molecule has 1 aliphatic heterocycles. The number of nitrogens with one attached hydrogen (secondary N) is 1. The summed E-state index contributed by atoms with van der Waals surface area (Å²) in [5.41, 5.74) is 1.14. The molecule has 94 valence electrons. The molecule has 0 bridgehead atoms. The fourth-order valence-electron chi connectivity index (χ4n) is 2.18. The molecular weight excluding hydrogens is 412 g/mol. The van der Waals surface area contributed by atoms with Gasteiger partial charge in [-0.3, -0.25) is 0 Å². The standard InChI is InChI=1S/C12H15Br3N2/c1-7-3-9(6-17(7)2)16-12-10(14)4-8(13)5-11(12)15/h4-5,7,9,16H,3,6H2,1-2H3. The van der Waals surface area contributed by atoms with Crippen LogP contribution in [0.25, 0.3) is 0 Å². The predicted octanol–water partition coefficient (Wildman–Crippen LogP) is 4.48. The molecule has 0 saturated carbocycles. The van der Waals surface area contributed by atoms with Crippen molar-refractivity contribution >= 4 is 53.5 Å². The summed E-state index contributed by atoms with van der Waals surface area (Å²) >= 11 is 10.7. The minimum absolute atomic E-state index is 0.517. The Morgan fingerprint density at radius 2 is 1.82 bits per heavy atom. The number of anilines is 1. The van der Waals surface area contributed by atoms with E-state index in [0.29, 0.717) is 12.1 Å². The number of benzene rings is 1. The van der Waals surface area contributed by atoms with Crippen molar-refractivity contribution in [1.29, 1.82) is 0 Å². The molecule has 1 aromatic rings. The van der Waals surface area contributed by atoms with Crippen molar-refractivity contribution in [3.05, 3.63) is 25.6 Å². The molecule has 2 unspecified atom stereocenters. The normalized spacial score (nSPS) is 25.2. The molecule has 17 heavy (non-hydrogen) atoms. The summed E-state index contributed by atoms with van der Waals surface area (Å²) in [4.78, 5) is 2.39. The Balaban J connectivity index is 2.14. The summed E-state index contributed by atoms with van der Waals surface area (Å²) in [6.07, 6.45) is 1.19. The molecule has 1 aromatic carbocycles. The third kappa shape index (κ3) is 3.25. The summed E-state index contributed by atoms with van der Waals surface area (Å²) in [6, 6.07) is 5.30. The summed E-state index contributed by atoms with van der Waals surface area (Å²) < 4.78 is 3.24. The first-order valence-electron chi connectivity index (χ1n) is 5.58. The zero-order valence-electron chi connectivity index (χ0n) is 9.80. The van der Waals surface area contributed by atoms with Crippen LogP contribution in [0, 0.1) is 0 Å². The van der Waals surface area contributed by atoms with E-state index in [1.807, 2.05) is 0 Å². The minimum Gasteiger partial charge on any atom is -0.379 e. The van der Waals surface area contributed by atoms with E-state index in [1.54, 1.807) is 0 Å². The monoisotopic (exact) mass is 424 g/mol. The maximum atomic E-state index is 3.61. The number of likely N-dealkylation sites (tertiary alicyclic amines) is 1. The second-order valence-corrected chi connectivity index (χ2v) is 7.23. The number of halogens is 3. The van der Waals surface area contributed by atoms with E-state index >= 15 is 0 Å². The van der Waals surface area contributed by atoms with Crippen molar-refractivity contribution in [3.63, 3.8) is 0 Å². The Morgan fingerprint density at radius 3 is 2.29 bits per heavy atom. The first-order valence-corrected chi connectivity index (χ1v) is 7.96. The Bertz CT molecular complexity index is 389. The molecule has 0 aliphatic carbocycles. The fourth-order valence-corrected chi connectivity index (χ4v) is 4.67. The van der Waals surface area contributed by atoms with E-state index in [4.69, 9.17) is 0 Å². The van der Waals surface area contributed by atoms with Gasteiger partial charge in [-0.1, -0.05) is 15.9 Å². The SMILES string of the molecule is CC1CC(Nc2c(Br)cc(Br)cc2Br)CN1C. The van der Waals surface area contributed by atoms with Crippen LogP contribution < -0.4 is 5.32 Å². The second kappa shape index (κ2) is 5.59. The first kappa shape index (κ1) is 13.8. The van der Waals surface area contributed by atoms with E-state index in [2.05, 4.69) is 84.1 Å². The molecule has 1 N–H and O–H groups in total. The zero-order valence-corrected chi connectivity index (χ0v) is 14.6. The van der Waals surface area contributed by atoms with Crippen molar-refractivity contribution in [2.75, 3.05) is 18.9 Å². The van der Waals surface area contributed by atoms with Gasteiger partial charge in [-0.05, 0) is 64.4 Å². The van der Waals surface area contributed by atoms with Crippen LogP contribution in [-0.2, 0) is 0 Å². The average molecular weight is 427 g/mol. The Kier molecular flexibility index (Phi) is 4.55. The van der Waals surface area contributed by atoms with Crippen LogP contribution in [0.2, 0.25) is 0 Å². The van der Waals surface area contributed by atoms with Crippen molar-refractivity contribution < 1.29 is 0 Å². The molecule has 1 aliphatic rings. The summed E-state index contributed by atoms with van der Waals surface area (Å²) in [6.45, 7) is 3.36. The lowest BCUT2D eigenvalue weighted by Gasteiger charge is -2.17. The van der Waals surface area contributed by atoms with Gasteiger partial charge in [0.05, 0.1) is 5.69 Å².